The summed E-state index contributed by atoms with van der Waals surface area (Å²) in [4.78, 5) is 31.1. The smallest absolute Gasteiger partial charge is 0.288 e. The Morgan fingerprint density at radius 3 is 2.68 bits per heavy atom. The second-order valence-corrected chi connectivity index (χ2v) is 6.27. The molecule has 2 aromatic rings. The monoisotopic (exact) mass is 341 g/mol. The largest absolute Gasteiger partial charge is 0.383 e. The number of carbonyl (C=O) groups excluding carboxylic acids is 1. The Morgan fingerprint density at radius 2 is 2.00 bits per heavy atom. The average Bonchev–Trinajstić information content (AvgIpc) is 2.71. The summed E-state index contributed by atoms with van der Waals surface area (Å²) in [7, 11) is 1.98. The zero-order chi connectivity index (χ0) is 18.1. The molecule has 2 N–H and O–H groups in total. The number of nitrogens with two attached hydrogens (primary N) is 1. The molecule has 8 nitrogen and oxygen atoms in total. The second kappa shape index (κ2) is 6.39. The van der Waals surface area contributed by atoms with Crippen LogP contribution in [0.2, 0.25) is 0 Å². The van der Waals surface area contributed by atoms with Gasteiger partial charge >= 0.3 is 0 Å². The van der Waals surface area contributed by atoms with Crippen LogP contribution in [0, 0.1) is 16.0 Å². The highest BCUT2D eigenvalue weighted by atomic mass is 16.6. The zero-order valence-corrected chi connectivity index (χ0v) is 14.0. The molecule has 130 valence electrons. The molecular formula is C17H19N5O3. The van der Waals surface area contributed by atoms with Crippen molar-refractivity contribution in [1.82, 2.24) is 4.98 Å². The predicted molar refractivity (Wildman–Crippen MR) is 95.9 cm³/mol. The van der Waals surface area contributed by atoms with Gasteiger partial charge < -0.3 is 15.5 Å². The Hall–Kier alpha value is -3.16. The molecule has 1 unspecified atom stereocenters. The van der Waals surface area contributed by atoms with E-state index in [9.17, 15) is 14.9 Å². The van der Waals surface area contributed by atoms with Crippen molar-refractivity contribution in [3.8, 4) is 0 Å². The van der Waals surface area contributed by atoms with Crippen LogP contribution >= 0.6 is 0 Å². The lowest BCUT2D eigenvalue weighted by atomic mass is 10.1. The number of hydrogen-bond donors (Lipinski definition) is 1. The van der Waals surface area contributed by atoms with Gasteiger partial charge in [0.15, 0.2) is 0 Å². The minimum atomic E-state index is -0.587. The highest BCUT2D eigenvalue weighted by Crippen LogP contribution is 2.34. The van der Waals surface area contributed by atoms with Gasteiger partial charge in [0.05, 0.1) is 21.9 Å². The Morgan fingerprint density at radius 1 is 1.32 bits per heavy atom. The number of aromatic nitrogens is 1. The second-order valence-electron chi connectivity index (χ2n) is 6.27. The SMILES string of the molecule is CC1CN(C)c2ccccc2N(C(=O)c2cc([N+](=O)[O-])cnc2N)C1. The highest BCUT2D eigenvalue weighted by molar-refractivity contribution is 6.10. The van der Waals surface area contributed by atoms with Crippen LogP contribution < -0.4 is 15.5 Å². The molecule has 1 aromatic carbocycles. The number of hydrogen-bond acceptors (Lipinski definition) is 6. The Balaban J connectivity index is 2.08. The molecule has 0 saturated heterocycles. The van der Waals surface area contributed by atoms with Crippen molar-refractivity contribution in [2.75, 3.05) is 35.7 Å². The molecule has 8 heteroatoms. The maximum atomic E-state index is 13.1. The number of nitrogens with zero attached hydrogens (tertiary/aromatic N) is 4. The third-order valence-electron chi connectivity index (χ3n) is 4.25. The number of nitro groups is 1. The van der Waals surface area contributed by atoms with Gasteiger partial charge in [-0.15, -0.1) is 0 Å². The van der Waals surface area contributed by atoms with Crippen LogP contribution in [-0.4, -0.2) is 36.0 Å². The first-order valence-electron chi connectivity index (χ1n) is 7.90. The first kappa shape index (κ1) is 16.7. The quantitative estimate of drug-likeness (QED) is 0.664. The molecule has 0 fully saturated rings. The van der Waals surface area contributed by atoms with Crippen molar-refractivity contribution in [1.29, 1.82) is 0 Å². The Kier molecular flexibility index (Phi) is 4.26. The molecule has 1 aliphatic heterocycles. The predicted octanol–water partition coefficient (Wildman–Crippen LogP) is 2.30. The van der Waals surface area contributed by atoms with Gasteiger partial charge in [0.2, 0.25) is 0 Å². The van der Waals surface area contributed by atoms with Crippen LogP contribution in [-0.2, 0) is 0 Å². The first-order chi connectivity index (χ1) is 11.9. The molecule has 1 aliphatic rings. The fraction of sp³-hybridized carbons (Fsp3) is 0.294. The van der Waals surface area contributed by atoms with Crippen LogP contribution in [0.15, 0.2) is 36.5 Å². The number of amides is 1. The number of anilines is 3. The van der Waals surface area contributed by atoms with Gasteiger partial charge in [-0.2, -0.15) is 0 Å². The van der Waals surface area contributed by atoms with Crippen molar-refractivity contribution < 1.29 is 9.72 Å². The summed E-state index contributed by atoms with van der Waals surface area (Å²) in [5, 5.41) is 11.0. The van der Waals surface area contributed by atoms with E-state index >= 15 is 0 Å². The lowest BCUT2D eigenvalue weighted by molar-refractivity contribution is -0.385. The lowest BCUT2D eigenvalue weighted by Crippen LogP contribution is -2.35. The van der Waals surface area contributed by atoms with Gasteiger partial charge in [0.25, 0.3) is 11.6 Å². The molecule has 0 bridgehead atoms. The van der Waals surface area contributed by atoms with Crippen molar-refractivity contribution >= 4 is 28.8 Å². The molecule has 2 heterocycles. The molecule has 1 amide bonds. The molecule has 3 rings (SSSR count). The number of benzene rings is 1. The molecule has 0 aliphatic carbocycles. The van der Waals surface area contributed by atoms with Gasteiger partial charge in [-0.3, -0.25) is 14.9 Å². The van der Waals surface area contributed by atoms with E-state index in [-0.39, 0.29) is 28.9 Å². The number of nitrogen functional groups attached to an aromatic ring is 1. The molecule has 0 radical (unpaired) electrons. The summed E-state index contributed by atoms with van der Waals surface area (Å²) in [6, 6.07) is 8.77. The van der Waals surface area contributed by atoms with Crippen LogP contribution in [0.3, 0.4) is 0 Å². The fourth-order valence-corrected chi connectivity index (χ4v) is 3.12. The van der Waals surface area contributed by atoms with Crippen LogP contribution in [0.5, 0.6) is 0 Å². The maximum absolute atomic E-state index is 13.1. The summed E-state index contributed by atoms with van der Waals surface area (Å²) >= 11 is 0. The third-order valence-corrected chi connectivity index (χ3v) is 4.25. The van der Waals surface area contributed by atoms with Crippen molar-refractivity contribution in [2.45, 2.75) is 6.92 Å². The van der Waals surface area contributed by atoms with E-state index in [2.05, 4.69) is 16.8 Å². The Labute approximate surface area is 145 Å². The lowest BCUT2D eigenvalue weighted by Gasteiger charge is -2.24. The standard InChI is InChI=1S/C17H19N5O3/c1-11-9-20(2)14-5-3-4-6-15(14)21(10-11)17(23)13-7-12(22(24)25)8-19-16(13)18/h3-8,11H,9-10H2,1-2H3,(H2,18,19). The van der Waals surface area contributed by atoms with Gasteiger partial charge in [0.1, 0.15) is 12.0 Å². The first-order valence-corrected chi connectivity index (χ1v) is 7.90. The number of para-hydroxylation sites is 2. The number of fused-ring (bicyclic) bond motifs is 1. The van der Waals surface area contributed by atoms with Gasteiger partial charge in [-0.05, 0) is 18.1 Å². The number of pyridine rings is 1. The number of carbonyl (C=O) groups is 1. The summed E-state index contributed by atoms with van der Waals surface area (Å²) in [5.74, 6) is -0.184. The highest BCUT2D eigenvalue weighted by Gasteiger charge is 2.29. The normalized spacial score (nSPS) is 17.0. The summed E-state index contributed by atoms with van der Waals surface area (Å²) < 4.78 is 0. The van der Waals surface area contributed by atoms with E-state index in [1.54, 1.807) is 4.90 Å². The molecule has 0 spiro atoms. The van der Waals surface area contributed by atoms with Crippen LogP contribution in [0.1, 0.15) is 17.3 Å². The molecule has 1 aromatic heterocycles. The number of rotatable bonds is 2. The van der Waals surface area contributed by atoms with E-state index in [1.165, 1.54) is 6.07 Å². The van der Waals surface area contributed by atoms with E-state index in [0.717, 1.165) is 24.1 Å². The molecule has 25 heavy (non-hydrogen) atoms. The zero-order valence-electron chi connectivity index (χ0n) is 14.0. The van der Waals surface area contributed by atoms with E-state index < -0.39 is 4.92 Å². The molecule has 0 saturated carbocycles. The summed E-state index contributed by atoms with van der Waals surface area (Å²) in [6.45, 7) is 3.34. The minimum Gasteiger partial charge on any atom is -0.383 e. The van der Waals surface area contributed by atoms with E-state index in [1.807, 2.05) is 31.3 Å². The fourth-order valence-electron chi connectivity index (χ4n) is 3.12. The van der Waals surface area contributed by atoms with Crippen LogP contribution in [0.4, 0.5) is 22.9 Å². The van der Waals surface area contributed by atoms with Crippen molar-refractivity contribution in [3.63, 3.8) is 0 Å². The van der Waals surface area contributed by atoms with Crippen molar-refractivity contribution in [3.05, 3.63) is 52.2 Å². The summed E-state index contributed by atoms with van der Waals surface area (Å²) in [5.41, 5.74) is 7.29. The Bertz CT molecular complexity index is 839. The minimum absolute atomic E-state index is 0.0154. The maximum Gasteiger partial charge on any atom is 0.288 e. The summed E-state index contributed by atoms with van der Waals surface area (Å²) in [6.07, 6.45) is 1.05. The molecular weight excluding hydrogens is 322 g/mol. The van der Waals surface area contributed by atoms with Gasteiger partial charge in [-0.1, -0.05) is 19.1 Å². The molecule has 1 atom stereocenters. The van der Waals surface area contributed by atoms with Gasteiger partial charge in [-0.25, -0.2) is 4.98 Å². The third kappa shape index (κ3) is 3.10. The van der Waals surface area contributed by atoms with Gasteiger partial charge in [0, 0.05) is 26.2 Å². The average molecular weight is 341 g/mol. The topological polar surface area (TPSA) is 106 Å². The van der Waals surface area contributed by atoms with Crippen LogP contribution in [0.25, 0.3) is 0 Å². The van der Waals surface area contributed by atoms with E-state index in [4.69, 9.17) is 5.73 Å². The van der Waals surface area contributed by atoms with Crippen molar-refractivity contribution in [2.24, 2.45) is 5.92 Å². The van der Waals surface area contributed by atoms with E-state index in [0.29, 0.717) is 6.54 Å².